The number of nitrogens with zero attached hydrogens (tertiary/aromatic N) is 5. The molecule has 0 saturated carbocycles. The quantitative estimate of drug-likeness (QED) is 0.712. The Kier molecular flexibility index (Phi) is 4.76. The number of aryl methyl sites for hydroxylation is 2. The zero-order valence-corrected chi connectivity index (χ0v) is 14.8. The standard InChI is InChI=1S/C18H21N5O2/c1-12-9-17-20-15(10-13(2)23(17)21-12)18(24)22(3)16(11-25-4)14-7-5-6-8-19-14/h5-10,16H,11H2,1-4H3/t16-/m0/s1. The van der Waals surface area contributed by atoms with E-state index in [1.54, 1.807) is 35.8 Å². The maximum Gasteiger partial charge on any atom is 0.272 e. The lowest BCUT2D eigenvalue weighted by Gasteiger charge is -2.27. The second-order valence-electron chi connectivity index (χ2n) is 5.98. The lowest BCUT2D eigenvalue weighted by molar-refractivity contribution is 0.0589. The smallest absolute Gasteiger partial charge is 0.272 e. The lowest BCUT2D eigenvalue weighted by atomic mass is 10.1. The monoisotopic (exact) mass is 339 g/mol. The first-order valence-electron chi connectivity index (χ1n) is 8.02. The van der Waals surface area contributed by atoms with Crippen molar-refractivity contribution in [3.63, 3.8) is 0 Å². The summed E-state index contributed by atoms with van der Waals surface area (Å²) in [6.07, 6.45) is 1.71. The van der Waals surface area contributed by atoms with Crippen molar-refractivity contribution in [2.24, 2.45) is 0 Å². The summed E-state index contributed by atoms with van der Waals surface area (Å²) in [5, 5.41) is 4.37. The highest BCUT2D eigenvalue weighted by molar-refractivity contribution is 5.93. The largest absolute Gasteiger partial charge is 0.382 e. The number of ether oxygens (including phenoxy) is 1. The molecule has 7 heteroatoms. The normalized spacial score (nSPS) is 12.3. The predicted molar refractivity (Wildman–Crippen MR) is 93.4 cm³/mol. The van der Waals surface area contributed by atoms with Gasteiger partial charge in [-0.3, -0.25) is 9.78 Å². The number of aromatic nitrogens is 4. The van der Waals surface area contributed by atoms with Crippen LogP contribution in [0.4, 0.5) is 0 Å². The summed E-state index contributed by atoms with van der Waals surface area (Å²) < 4.78 is 7.03. The Morgan fingerprint density at radius 3 is 2.80 bits per heavy atom. The number of carbonyl (C=O) groups excluding carboxylic acids is 1. The molecule has 3 aromatic heterocycles. The van der Waals surface area contributed by atoms with Crippen molar-refractivity contribution >= 4 is 11.6 Å². The number of rotatable bonds is 5. The zero-order chi connectivity index (χ0) is 18.0. The van der Waals surface area contributed by atoms with E-state index < -0.39 is 0 Å². The molecule has 1 atom stereocenters. The summed E-state index contributed by atoms with van der Waals surface area (Å²) in [6, 6.07) is 8.94. The molecule has 3 aromatic rings. The van der Waals surface area contributed by atoms with E-state index in [0.717, 1.165) is 17.1 Å². The summed E-state index contributed by atoms with van der Waals surface area (Å²) in [4.78, 5) is 23.4. The van der Waals surface area contributed by atoms with Crippen molar-refractivity contribution in [2.45, 2.75) is 19.9 Å². The molecular weight excluding hydrogens is 318 g/mol. The molecule has 0 aromatic carbocycles. The molecule has 0 spiro atoms. The van der Waals surface area contributed by atoms with E-state index in [0.29, 0.717) is 17.9 Å². The van der Waals surface area contributed by atoms with Gasteiger partial charge in [-0.15, -0.1) is 0 Å². The SMILES string of the molecule is COC[C@@H](c1ccccn1)N(C)C(=O)c1cc(C)n2nc(C)cc2n1. The molecule has 0 N–H and O–H groups in total. The molecule has 0 radical (unpaired) electrons. The maximum atomic E-state index is 13.0. The van der Waals surface area contributed by atoms with E-state index in [2.05, 4.69) is 15.1 Å². The average molecular weight is 339 g/mol. The Hall–Kier alpha value is -2.80. The molecule has 0 aliphatic carbocycles. The average Bonchev–Trinajstić information content (AvgIpc) is 3.00. The number of pyridine rings is 1. The third kappa shape index (κ3) is 3.36. The highest BCUT2D eigenvalue weighted by Gasteiger charge is 2.25. The van der Waals surface area contributed by atoms with Gasteiger partial charge in [-0.05, 0) is 32.0 Å². The number of fused-ring (bicyclic) bond motifs is 1. The van der Waals surface area contributed by atoms with Crippen LogP contribution in [0.2, 0.25) is 0 Å². The van der Waals surface area contributed by atoms with Gasteiger partial charge in [0.25, 0.3) is 5.91 Å². The van der Waals surface area contributed by atoms with E-state index in [1.807, 2.05) is 38.1 Å². The molecule has 0 aliphatic heterocycles. The molecule has 0 bridgehead atoms. The summed E-state index contributed by atoms with van der Waals surface area (Å²) in [5.41, 5.74) is 3.54. The van der Waals surface area contributed by atoms with Gasteiger partial charge in [0, 0.05) is 32.1 Å². The van der Waals surface area contributed by atoms with Gasteiger partial charge in [0.1, 0.15) is 5.69 Å². The Bertz CT molecular complexity index is 891. The molecule has 0 fully saturated rings. The summed E-state index contributed by atoms with van der Waals surface area (Å²) in [6.45, 7) is 4.16. The van der Waals surface area contributed by atoms with Gasteiger partial charge < -0.3 is 9.64 Å². The minimum absolute atomic E-state index is 0.183. The van der Waals surface area contributed by atoms with Gasteiger partial charge in [0.2, 0.25) is 0 Å². The molecule has 0 unspecified atom stereocenters. The minimum atomic E-state index is -0.288. The first-order chi connectivity index (χ1) is 12.0. The van der Waals surface area contributed by atoms with Gasteiger partial charge >= 0.3 is 0 Å². The first kappa shape index (κ1) is 17.0. The van der Waals surface area contributed by atoms with Crippen molar-refractivity contribution in [1.82, 2.24) is 24.5 Å². The van der Waals surface area contributed by atoms with Gasteiger partial charge in [0.15, 0.2) is 5.65 Å². The van der Waals surface area contributed by atoms with Crippen LogP contribution in [-0.4, -0.2) is 51.2 Å². The van der Waals surface area contributed by atoms with Crippen molar-refractivity contribution in [2.75, 3.05) is 20.8 Å². The van der Waals surface area contributed by atoms with Gasteiger partial charge in [0.05, 0.1) is 24.0 Å². The Morgan fingerprint density at radius 2 is 2.12 bits per heavy atom. The molecule has 0 saturated heterocycles. The zero-order valence-electron chi connectivity index (χ0n) is 14.8. The Morgan fingerprint density at radius 1 is 1.32 bits per heavy atom. The summed E-state index contributed by atoms with van der Waals surface area (Å²) in [5.74, 6) is -0.183. The summed E-state index contributed by atoms with van der Waals surface area (Å²) >= 11 is 0. The third-order valence-corrected chi connectivity index (χ3v) is 4.09. The fraction of sp³-hybridized carbons (Fsp3) is 0.333. The summed E-state index contributed by atoms with van der Waals surface area (Å²) in [7, 11) is 3.35. The second kappa shape index (κ2) is 6.98. The number of amides is 1. The van der Waals surface area contributed by atoms with Crippen LogP contribution >= 0.6 is 0 Å². The molecule has 7 nitrogen and oxygen atoms in total. The highest BCUT2D eigenvalue weighted by Crippen LogP contribution is 2.20. The van der Waals surface area contributed by atoms with E-state index in [9.17, 15) is 4.79 Å². The number of hydrogen-bond acceptors (Lipinski definition) is 5. The molecule has 1 amide bonds. The molecular formula is C18H21N5O2. The second-order valence-corrected chi connectivity index (χ2v) is 5.98. The van der Waals surface area contributed by atoms with Crippen LogP contribution in [0.5, 0.6) is 0 Å². The number of carbonyl (C=O) groups is 1. The van der Waals surface area contributed by atoms with Crippen molar-refractivity contribution in [3.05, 3.63) is 59.3 Å². The molecule has 130 valence electrons. The van der Waals surface area contributed by atoms with Crippen LogP contribution in [0, 0.1) is 13.8 Å². The molecule has 3 rings (SSSR count). The molecule has 3 heterocycles. The van der Waals surface area contributed by atoms with Crippen molar-refractivity contribution < 1.29 is 9.53 Å². The predicted octanol–water partition coefficient (Wildman–Crippen LogP) is 2.20. The fourth-order valence-electron chi connectivity index (χ4n) is 2.80. The minimum Gasteiger partial charge on any atom is -0.382 e. The van der Waals surface area contributed by atoms with Crippen LogP contribution in [-0.2, 0) is 4.74 Å². The molecule has 0 aliphatic rings. The fourth-order valence-corrected chi connectivity index (χ4v) is 2.80. The molecule has 25 heavy (non-hydrogen) atoms. The number of likely N-dealkylation sites (N-methyl/N-ethyl adjacent to an activating group) is 1. The number of methoxy groups -OCH3 is 1. The van der Waals surface area contributed by atoms with E-state index >= 15 is 0 Å². The first-order valence-corrected chi connectivity index (χ1v) is 8.02. The Balaban J connectivity index is 1.95. The van der Waals surface area contributed by atoms with Crippen LogP contribution < -0.4 is 0 Å². The topological polar surface area (TPSA) is 72.6 Å². The van der Waals surface area contributed by atoms with Crippen molar-refractivity contribution in [1.29, 1.82) is 0 Å². The number of hydrogen-bond donors (Lipinski definition) is 0. The van der Waals surface area contributed by atoms with Gasteiger partial charge in [-0.25, -0.2) is 9.50 Å². The van der Waals surface area contributed by atoms with Crippen LogP contribution in [0.25, 0.3) is 5.65 Å². The van der Waals surface area contributed by atoms with E-state index in [1.165, 1.54) is 0 Å². The maximum absolute atomic E-state index is 13.0. The lowest BCUT2D eigenvalue weighted by Crippen LogP contribution is -2.35. The van der Waals surface area contributed by atoms with E-state index in [-0.39, 0.29) is 11.9 Å². The van der Waals surface area contributed by atoms with E-state index in [4.69, 9.17) is 4.74 Å². The van der Waals surface area contributed by atoms with Gasteiger partial charge in [-0.2, -0.15) is 5.10 Å². The Labute approximate surface area is 146 Å². The van der Waals surface area contributed by atoms with Gasteiger partial charge in [-0.1, -0.05) is 6.07 Å². The van der Waals surface area contributed by atoms with Crippen LogP contribution in [0.15, 0.2) is 36.5 Å². The van der Waals surface area contributed by atoms with Crippen LogP contribution in [0.1, 0.15) is 33.6 Å². The van der Waals surface area contributed by atoms with Crippen molar-refractivity contribution in [3.8, 4) is 0 Å². The third-order valence-electron chi connectivity index (χ3n) is 4.09. The highest BCUT2D eigenvalue weighted by atomic mass is 16.5. The van der Waals surface area contributed by atoms with Crippen LogP contribution in [0.3, 0.4) is 0 Å².